The molecule has 1 aliphatic heterocycles. The van der Waals surface area contributed by atoms with Crippen LogP contribution in [0.2, 0.25) is 0 Å². The van der Waals surface area contributed by atoms with Gasteiger partial charge in [-0.25, -0.2) is 0 Å². The summed E-state index contributed by atoms with van der Waals surface area (Å²) in [4.78, 5) is 1.89. The molecule has 1 aromatic heterocycles. The van der Waals surface area contributed by atoms with Crippen LogP contribution in [-0.4, -0.2) is 28.1 Å². The summed E-state index contributed by atoms with van der Waals surface area (Å²) < 4.78 is 0. The van der Waals surface area contributed by atoms with E-state index in [9.17, 15) is 0 Å². The van der Waals surface area contributed by atoms with Gasteiger partial charge in [0, 0.05) is 0 Å². The second-order valence-corrected chi connectivity index (χ2v) is 3.67. The first-order chi connectivity index (χ1) is 6.27. The van der Waals surface area contributed by atoms with Gasteiger partial charge in [0.25, 0.3) is 0 Å². The number of piperidine rings is 1. The van der Waals surface area contributed by atoms with Crippen molar-refractivity contribution in [1.82, 2.24) is 20.3 Å². The van der Waals surface area contributed by atoms with E-state index in [0.717, 1.165) is 37.3 Å². The van der Waals surface area contributed by atoms with Gasteiger partial charge in [-0.2, -0.15) is 15.0 Å². The van der Waals surface area contributed by atoms with Crippen LogP contribution in [0, 0.1) is 13.8 Å². The standard InChI is InChI=1S/C9H16N4.ClH/c1-7-8(2)12-13(11-7)9-3-5-10-6-4-9;/h9-10H,3-6H2,1-2H3;1H. The molecule has 0 aliphatic carbocycles. The van der Waals surface area contributed by atoms with Crippen LogP contribution in [0.15, 0.2) is 0 Å². The highest BCUT2D eigenvalue weighted by Gasteiger charge is 2.17. The molecule has 0 radical (unpaired) electrons. The molecule has 80 valence electrons. The Hall–Kier alpha value is -0.610. The van der Waals surface area contributed by atoms with E-state index in [1.54, 1.807) is 0 Å². The Bertz CT molecular complexity index is 272. The lowest BCUT2D eigenvalue weighted by Gasteiger charge is -2.21. The third kappa shape index (κ3) is 2.25. The van der Waals surface area contributed by atoms with Crippen LogP contribution in [0.1, 0.15) is 30.3 Å². The van der Waals surface area contributed by atoms with Gasteiger partial charge >= 0.3 is 0 Å². The highest BCUT2D eigenvalue weighted by molar-refractivity contribution is 5.85. The Morgan fingerprint density at radius 3 is 2.14 bits per heavy atom. The van der Waals surface area contributed by atoms with Crippen molar-refractivity contribution in [2.75, 3.05) is 13.1 Å². The first-order valence-corrected chi connectivity index (χ1v) is 4.88. The zero-order chi connectivity index (χ0) is 9.26. The molecule has 0 unspecified atom stereocenters. The third-order valence-electron chi connectivity index (χ3n) is 2.66. The van der Waals surface area contributed by atoms with Crippen LogP contribution in [0.5, 0.6) is 0 Å². The number of halogens is 1. The molecule has 0 spiro atoms. The molecule has 4 nitrogen and oxygen atoms in total. The normalized spacial score (nSPS) is 17.9. The Labute approximate surface area is 90.5 Å². The van der Waals surface area contributed by atoms with Gasteiger partial charge in [-0.05, 0) is 39.8 Å². The molecule has 1 fully saturated rings. The average molecular weight is 217 g/mol. The lowest BCUT2D eigenvalue weighted by atomic mass is 10.1. The third-order valence-corrected chi connectivity index (χ3v) is 2.66. The topological polar surface area (TPSA) is 42.7 Å². The minimum absolute atomic E-state index is 0. The van der Waals surface area contributed by atoms with Crippen LogP contribution in [0.25, 0.3) is 0 Å². The molecule has 1 aliphatic rings. The Kier molecular flexibility index (Phi) is 3.89. The summed E-state index contributed by atoms with van der Waals surface area (Å²) in [6.45, 7) is 6.20. The molecule has 2 rings (SSSR count). The second kappa shape index (κ2) is 4.75. The van der Waals surface area contributed by atoms with Gasteiger partial charge in [-0.3, -0.25) is 0 Å². The summed E-state index contributed by atoms with van der Waals surface area (Å²) in [6.07, 6.45) is 2.29. The number of nitrogens with one attached hydrogen (secondary N) is 1. The zero-order valence-corrected chi connectivity index (χ0v) is 9.47. The van der Waals surface area contributed by atoms with Crippen molar-refractivity contribution in [3.8, 4) is 0 Å². The molecular weight excluding hydrogens is 200 g/mol. The Morgan fingerprint density at radius 1 is 1.14 bits per heavy atom. The Balaban J connectivity index is 0.000000980. The van der Waals surface area contributed by atoms with Gasteiger partial charge in [0.2, 0.25) is 0 Å². The van der Waals surface area contributed by atoms with Crippen molar-refractivity contribution in [3.63, 3.8) is 0 Å². The van der Waals surface area contributed by atoms with Crippen LogP contribution < -0.4 is 5.32 Å². The second-order valence-electron chi connectivity index (χ2n) is 3.67. The van der Waals surface area contributed by atoms with E-state index in [0.29, 0.717) is 6.04 Å². The zero-order valence-electron chi connectivity index (χ0n) is 8.66. The number of rotatable bonds is 1. The maximum atomic E-state index is 4.41. The molecule has 1 saturated heterocycles. The van der Waals surface area contributed by atoms with Gasteiger partial charge in [-0.1, -0.05) is 0 Å². The largest absolute Gasteiger partial charge is 0.317 e. The van der Waals surface area contributed by atoms with Crippen LogP contribution in [-0.2, 0) is 0 Å². The molecule has 14 heavy (non-hydrogen) atoms. The Morgan fingerprint density at radius 2 is 1.64 bits per heavy atom. The minimum atomic E-state index is 0. The molecule has 1 aromatic rings. The summed E-state index contributed by atoms with van der Waals surface area (Å²) in [5.74, 6) is 0. The summed E-state index contributed by atoms with van der Waals surface area (Å²) in [5.41, 5.74) is 2.11. The van der Waals surface area contributed by atoms with Crippen molar-refractivity contribution in [2.45, 2.75) is 32.7 Å². The highest BCUT2D eigenvalue weighted by atomic mass is 35.5. The molecule has 0 atom stereocenters. The molecule has 2 heterocycles. The maximum Gasteiger partial charge on any atom is 0.0825 e. The number of nitrogens with zero attached hydrogens (tertiary/aromatic N) is 3. The summed E-state index contributed by atoms with van der Waals surface area (Å²) in [7, 11) is 0. The highest BCUT2D eigenvalue weighted by Crippen LogP contribution is 2.16. The van der Waals surface area contributed by atoms with Gasteiger partial charge in [0.05, 0.1) is 17.4 Å². The van der Waals surface area contributed by atoms with Crippen molar-refractivity contribution >= 4 is 12.4 Å². The van der Waals surface area contributed by atoms with E-state index in [2.05, 4.69) is 15.5 Å². The SMILES string of the molecule is Cc1nn(C2CCNCC2)nc1C.Cl. The predicted molar refractivity (Wildman–Crippen MR) is 57.9 cm³/mol. The summed E-state index contributed by atoms with van der Waals surface area (Å²) >= 11 is 0. The summed E-state index contributed by atoms with van der Waals surface area (Å²) in [5, 5.41) is 12.2. The predicted octanol–water partition coefficient (Wildman–Crippen LogP) is 1.24. The van der Waals surface area contributed by atoms with E-state index in [1.807, 2.05) is 18.6 Å². The van der Waals surface area contributed by atoms with E-state index < -0.39 is 0 Å². The van der Waals surface area contributed by atoms with E-state index in [4.69, 9.17) is 0 Å². The van der Waals surface area contributed by atoms with Crippen molar-refractivity contribution in [3.05, 3.63) is 11.4 Å². The van der Waals surface area contributed by atoms with Crippen molar-refractivity contribution < 1.29 is 0 Å². The van der Waals surface area contributed by atoms with Gasteiger partial charge in [-0.15, -0.1) is 12.4 Å². The van der Waals surface area contributed by atoms with Gasteiger partial charge < -0.3 is 5.32 Å². The van der Waals surface area contributed by atoms with Crippen molar-refractivity contribution in [2.24, 2.45) is 0 Å². The van der Waals surface area contributed by atoms with Gasteiger partial charge in [0.1, 0.15) is 0 Å². The number of hydrogen-bond donors (Lipinski definition) is 1. The molecule has 0 bridgehead atoms. The minimum Gasteiger partial charge on any atom is -0.317 e. The molecule has 0 aromatic carbocycles. The number of aromatic nitrogens is 3. The fourth-order valence-electron chi connectivity index (χ4n) is 1.68. The first-order valence-electron chi connectivity index (χ1n) is 4.88. The molecular formula is C9H17ClN4. The number of aryl methyl sites for hydroxylation is 2. The van der Waals surface area contributed by atoms with Crippen molar-refractivity contribution in [1.29, 1.82) is 0 Å². The molecule has 0 amide bonds. The monoisotopic (exact) mass is 216 g/mol. The fraction of sp³-hybridized carbons (Fsp3) is 0.778. The van der Waals surface area contributed by atoms with Crippen LogP contribution in [0.3, 0.4) is 0 Å². The fourth-order valence-corrected chi connectivity index (χ4v) is 1.68. The molecule has 0 saturated carbocycles. The maximum absolute atomic E-state index is 4.41. The summed E-state index contributed by atoms with van der Waals surface area (Å²) in [6, 6.07) is 0.508. The van der Waals surface area contributed by atoms with E-state index in [1.165, 1.54) is 0 Å². The quantitative estimate of drug-likeness (QED) is 0.768. The lowest BCUT2D eigenvalue weighted by molar-refractivity contribution is 0.312. The number of hydrogen-bond acceptors (Lipinski definition) is 3. The molecule has 5 heteroatoms. The molecule has 1 N–H and O–H groups in total. The van der Waals surface area contributed by atoms with E-state index >= 15 is 0 Å². The first kappa shape index (κ1) is 11.5. The average Bonchev–Trinajstić information content (AvgIpc) is 2.49. The van der Waals surface area contributed by atoms with Crippen LogP contribution >= 0.6 is 12.4 Å². The van der Waals surface area contributed by atoms with Crippen LogP contribution in [0.4, 0.5) is 0 Å². The van der Waals surface area contributed by atoms with Gasteiger partial charge in [0.15, 0.2) is 0 Å². The van der Waals surface area contributed by atoms with E-state index in [-0.39, 0.29) is 12.4 Å². The smallest absolute Gasteiger partial charge is 0.0825 e. The lowest BCUT2D eigenvalue weighted by Crippen LogP contribution is -2.30.